The quantitative estimate of drug-likeness (QED) is 0.582. The Morgan fingerprint density at radius 2 is 2.19 bits per heavy atom. The molecule has 1 N–H and O–H groups in total. The monoisotopic (exact) mass is 287 g/mol. The Balaban J connectivity index is 1.97. The number of nitrogens with zero attached hydrogens (tertiary/aromatic N) is 3. The Hall–Kier alpha value is -3.16. The van der Waals surface area contributed by atoms with Crippen LogP contribution < -0.4 is 0 Å². The van der Waals surface area contributed by atoms with Crippen molar-refractivity contribution in [3.63, 3.8) is 0 Å². The maximum absolute atomic E-state index is 10.8. The van der Waals surface area contributed by atoms with E-state index in [1.807, 2.05) is 6.07 Å². The Kier molecular flexibility index (Phi) is 2.90. The van der Waals surface area contributed by atoms with Crippen molar-refractivity contribution in [3.8, 4) is 0 Å². The first-order chi connectivity index (χ1) is 10.0. The van der Waals surface area contributed by atoms with Gasteiger partial charge in [0, 0.05) is 29.8 Å². The largest absolute Gasteiger partial charge is 0.476 e. The zero-order chi connectivity index (χ0) is 15.0. The van der Waals surface area contributed by atoms with Gasteiger partial charge in [0.1, 0.15) is 0 Å². The van der Waals surface area contributed by atoms with Crippen LogP contribution in [0.1, 0.15) is 16.2 Å². The maximum Gasteiger partial charge on any atom is 0.358 e. The van der Waals surface area contributed by atoms with E-state index in [9.17, 15) is 14.9 Å². The smallest absolute Gasteiger partial charge is 0.358 e. The number of nitro groups is 1. The average Bonchev–Trinajstić information content (AvgIpc) is 3.06. The summed E-state index contributed by atoms with van der Waals surface area (Å²) in [4.78, 5) is 21.1. The van der Waals surface area contributed by atoms with Gasteiger partial charge in [-0.25, -0.2) is 4.79 Å². The van der Waals surface area contributed by atoms with E-state index in [2.05, 4.69) is 5.16 Å². The van der Waals surface area contributed by atoms with E-state index in [0.29, 0.717) is 11.3 Å². The van der Waals surface area contributed by atoms with Crippen LogP contribution in [0.3, 0.4) is 0 Å². The van der Waals surface area contributed by atoms with Crippen LogP contribution in [0.25, 0.3) is 10.9 Å². The Bertz CT molecular complexity index is 848. The molecule has 0 saturated carbocycles. The molecule has 0 spiro atoms. The summed E-state index contributed by atoms with van der Waals surface area (Å²) < 4.78 is 6.67. The van der Waals surface area contributed by atoms with Crippen molar-refractivity contribution in [1.29, 1.82) is 0 Å². The minimum atomic E-state index is -1.17. The zero-order valence-electron chi connectivity index (χ0n) is 10.6. The van der Waals surface area contributed by atoms with Gasteiger partial charge in [0.15, 0.2) is 11.5 Å². The van der Waals surface area contributed by atoms with Crippen LogP contribution in [0.5, 0.6) is 0 Å². The normalized spacial score (nSPS) is 10.9. The number of rotatable bonds is 4. The zero-order valence-corrected chi connectivity index (χ0v) is 10.6. The number of benzene rings is 1. The SMILES string of the molecule is O=C(O)c1cc(Cn2ccc3ccc([N+](=O)[O-])cc32)on1. The van der Waals surface area contributed by atoms with E-state index in [-0.39, 0.29) is 17.9 Å². The van der Waals surface area contributed by atoms with Crippen molar-refractivity contribution >= 4 is 22.6 Å². The van der Waals surface area contributed by atoms with E-state index < -0.39 is 10.9 Å². The second kappa shape index (κ2) is 4.75. The second-order valence-electron chi connectivity index (χ2n) is 4.43. The van der Waals surface area contributed by atoms with E-state index in [4.69, 9.17) is 9.63 Å². The lowest BCUT2D eigenvalue weighted by molar-refractivity contribution is -0.384. The molecule has 0 fully saturated rings. The summed E-state index contributed by atoms with van der Waals surface area (Å²) in [6.07, 6.45) is 1.75. The number of non-ortho nitro benzene ring substituents is 1. The molecule has 8 heteroatoms. The van der Waals surface area contributed by atoms with Crippen LogP contribution in [0.2, 0.25) is 0 Å². The van der Waals surface area contributed by atoms with Gasteiger partial charge in [-0.15, -0.1) is 0 Å². The highest BCUT2D eigenvalue weighted by molar-refractivity contribution is 5.85. The first-order valence-corrected chi connectivity index (χ1v) is 5.97. The van der Waals surface area contributed by atoms with Crippen molar-refractivity contribution in [2.45, 2.75) is 6.54 Å². The molecule has 0 radical (unpaired) electrons. The first-order valence-electron chi connectivity index (χ1n) is 5.97. The van der Waals surface area contributed by atoms with Crippen molar-refractivity contribution in [3.05, 3.63) is 58.1 Å². The van der Waals surface area contributed by atoms with Gasteiger partial charge in [0.2, 0.25) is 0 Å². The predicted octanol–water partition coefficient (Wildman–Crippen LogP) is 2.28. The lowest BCUT2D eigenvalue weighted by Crippen LogP contribution is -1.98. The summed E-state index contributed by atoms with van der Waals surface area (Å²) in [5.41, 5.74) is 0.483. The average molecular weight is 287 g/mol. The van der Waals surface area contributed by atoms with Gasteiger partial charge in [-0.05, 0) is 12.1 Å². The van der Waals surface area contributed by atoms with Crippen molar-refractivity contribution in [2.75, 3.05) is 0 Å². The summed E-state index contributed by atoms with van der Waals surface area (Å²) >= 11 is 0. The van der Waals surface area contributed by atoms with E-state index in [1.165, 1.54) is 18.2 Å². The molecule has 106 valence electrons. The maximum atomic E-state index is 10.8. The van der Waals surface area contributed by atoms with E-state index in [1.54, 1.807) is 16.8 Å². The summed E-state index contributed by atoms with van der Waals surface area (Å²) in [6.45, 7) is 0.241. The van der Waals surface area contributed by atoms with Crippen LogP contribution in [0.15, 0.2) is 41.1 Å². The third kappa shape index (κ3) is 2.34. The van der Waals surface area contributed by atoms with E-state index >= 15 is 0 Å². The molecule has 8 nitrogen and oxygen atoms in total. The standard InChI is InChI=1S/C13H9N3O5/c17-13(18)11-6-10(21-14-11)7-15-4-3-8-1-2-9(16(19)20)5-12(8)15/h1-6H,7H2,(H,17,18). The fourth-order valence-electron chi connectivity index (χ4n) is 2.08. The Labute approximate surface area is 117 Å². The van der Waals surface area contributed by atoms with Crippen LogP contribution >= 0.6 is 0 Å². The van der Waals surface area contributed by atoms with Crippen molar-refractivity contribution < 1.29 is 19.3 Å². The molecule has 2 aromatic heterocycles. The Morgan fingerprint density at radius 1 is 1.38 bits per heavy atom. The topological polar surface area (TPSA) is 111 Å². The van der Waals surface area contributed by atoms with Gasteiger partial charge < -0.3 is 14.2 Å². The predicted molar refractivity (Wildman–Crippen MR) is 71.2 cm³/mol. The molecule has 2 heterocycles. The number of nitro benzene ring substituents is 1. The number of carboxylic acids is 1. The van der Waals surface area contributed by atoms with Gasteiger partial charge in [0.05, 0.1) is 17.0 Å². The molecule has 3 rings (SSSR count). The number of aromatic nitrogens is 2. The van der Waals surface area contributed by atoms with Crippen molar-refractivity contribution in [2.24, 2.45) is 0 Å². The summed E-state index contributed by atoms with van der Waals surface area (Å²) in [5.74, 6) is -0.811. The highest BCUT2D eigenvalue weighted by Crippen LogP contribution is 2.22. The van der Waals surface area contributed by atoms with Crippen LogP contribution in [-0.4, -0.2) is 25.7 Å². The number of hydrogen-bond acceptors (Lipinski definition) is 5. The lowest BCUT2D eigenvalue weighted by Gasteiger charge is -2.01. The molecule has 0 unspecified atom stereocenters. The fourth-order valence-corrected chi connectivity index (χ4v) is 2.08. The molecule has 1 aromatic carbocycles. The third-order valence-corrected chi connectivity index (χ3v) is 3.07. The molecular formula is C13H9N3O5. The van der Waals surface area contributed by atoms with Gasteiger partial charge >= 0.3 is 5.97 Å². The number of hydrogen-bond donors (Lipinski definition) is 1. The van der Waals surface area contributed by atoms with E-state index in [0.717, 1.165) is 5.39 Å². The van der Waals surface area contributed by atoms with Gasteiger partial charge in [-0.1, -0.05) is 5.16 Å². The summed E-state index contributed by atoms with van der Waals surface area (Å²) in [7, 11) is 0. The molecule has 21 heavy (non-hydrogen) atoms. The van der Waals surface area contributed by atoms with Gasteiger partial charge in [0.25, 0.3) is 5.69 Å². The molecule has 0 amide bonds. The van der Waals surface area contributed by atoms with Gasteiger partial charge in [-0.3, -0.25) is 10.1 Å². The fraction of sp³-hybridized carbons (Fsp3) is 0.0769. The number of carboxylic acid groups (broad SMARTS) is 1. The molecular weight excluding hydrogens is 278 g/mol. The number of fused-ring (bicyclic) bond motifs is 1. The molecule has 0 saturated heterocycles. The molecule has 0 aliphatic carbocycles. The highest BCUT2D eigenvalue weighted by Gasteiger charge is 2.13. The number of carbonyl (C=O) groups is 1. The first kappa shape index (κ1) is 12.9. The van der Waals surface area contributed by atoms with Crippen LogP contribution in [0.4, 0.5) is 5.69 Å². The van der Waals surface area contributed by atoms with Crippen molar-refractivity contribution in [1.82, 2.24) is 9.72 Å². The minimum absolute atomic E-state index is 0.00811. The lowest BCUT2D eigenvalue weighted by atomic mass is 10.2. The molecule has 0 aliphatic rings. The molecule has 0 aliphatic heterocycles. The second-order valence-corrected chi connectivity index (χ2v) is 4.43. The minimum Gasteiger partial charge on any atom is -0.476 e. The highest BCUT2D eigenvalue weighted by atomic mass is 16.6. The molecule has 0 bridgehead atoms. The van der Waals surface area contributed by atoms with Crippen LogP contribution in [0, 0.1) is 10.1 Å². The number of aromatic carboxylic acids is 1. The Morgan fingerprint density at radius 3 is 2.86 bits per heavy atom. The molecule has 0 atom stereocenters. The third-order valence-electron chi connectivity index (χ3n) is 3.07. The van der Waals surface area contributed by atoms with Crippen LogP contribution in [-0.2, 0) is 6.54 Å². The van der Waals surface area contributed by atoms with Gasteiger partial charge in [-0.2, -0.15) is 0 Å². The summed E-state index contributed by atoms with van der Waals surface area (Å²) in [5, 5.41) is 23.9. The summed E-state index contributed by atoms with van der Waals surface area (Å²) in [6, 6.07) is 7.69. The molecule has 3 aromatic rings.